The Morgan fingerprint density at radius 2 is 1.61 bits per heavy atom. The maximum absolute atomic E-state index is 12.1. The lowest BCUT2D eigenvalue weighted by Crippen LogP contribution is -2.32. The topological polar surface area (TPSA) is 75.3 Å². The van der Waals surface area contributed by atoms with E-state index in [1.54, 1.807) is 36.4 Å². The van der Waals surface area contributed by atoms with E-state index >= 15 is 0 Å². The van der Waals surface area contributed by atoms with Crippen LogP contribution in [0.4, 0.5) is 5.69 Å². The number of carbonyl (C=O) groups excluding carboxylic acids is 1. The minimum atomic E-state index is -3.69. The Balaban J connectivity index is 1.95. The van der Waals surface area contributed by atoms with Crippen molar-refractivity contribution in [3.05, 3.63) is 59.7 Å². The number of hydrogen-bond donors (Lipinski definition) is 2. The van der Waals surface area contributed by atoms with Crippen molar-refractivity contribution in [1.82, 2.24) is 4.72 Å². The zero-order chi connectivity index (χ0) is 16.9. The van der Waals surface area contributed by atoms with Crippen molar-refractivity contribution in [3.63, 3.8) is 0 Å². The van der Waals surface area contributed by atoms with Gasteiger partial charge in [0.1, 0.15) is 0 Å². The summed E-state index contributed by atoms with van der Waals surface area (Å²) in [7, 11) is -3.69. The van der Waals surface area contributed by atoms with Crippen molar-refractivity contribution in [2.75, 3.05) is 11.9 Å². The largest absolute Gasteiger partial charge is 0.325 e. The summed E-state index contributed by atoms with van der Waals surface area (Å²) >= 11 is 0. The summed E-state index contributed by atoms with van der Waals surface area (Å²) in [5.74, 6) is -0.414. The molecule has 0 aliphatic carbocycles. The van der Waals surface area contributed by atoms with Gasteiger partial charge in [-0.3, -0.25) is 4.79 Å². The number of amides is 1. The van der Waals surface area contributed by atoms with Crippen molar-refractivity contribution in [2.24, 2.45) is 0 Å². The minimum absolute atomic E-state index is 0.151. The number of aryl methyl sites for hydroxylation is 2. The first-order valence-electron chi connectivity index (χ1n) is 7.36. The van der Waals surface area contributed by atoms with E-state index < -0.39 is 15.9 Å². The molecule has 0 fully saturated rings. The van der Waals surface area contributed by atoms with Gasteiger partial charge in [-0.1, -0.05) is 36.8 Å². The van der Waals surface area contributed by atoms with Crippen molar-refractivity contribution in [1.29, 1.82) is 0 Å². The Bertz CT molecular complexity index is 766. The number of sulfonamides is 1. The summed E-state index contributed by atoms with van der Waals surface area (Å²) < 4.78 is 26.6. The molecule has 0 saturated carbocycles. The molecular weight excluding hydrogens is 312 g/mol. The second kappa shape index (κ2) is 7.39. The maximum atomic E-state index is 12.1. The Labute approximate surface area is 136 Å². The van der Waals surface area contributed by atoms with Crippen molar-refractivity contribution < 1.29 is 13.2 Å². The van der Waals surface area contributed by atoms with Gasteiger partial charge >= 0.3 is 0 Å². The molecule has 0 atom stereocenters. The van der Waals surface area contributed by atoms with Crippen LogP contribution in [-0.2, 0) is 21.2 Å². The van der Waals surface area contributed by atoms with Gasteiger partial charge in [-0.2, -0.15) is 0 Å². The first-order chi connectivity index (χ1) is 10.9. The molecular formula is C17H20N2O3S. The molecule has 0 bridgehead atoms. The van der Waals surface area contributed by atoms with Gasteiger partial charge < -0.3 is 5.32 Å². The van der Waals surface area contributed by atoms with Crippen LogP contribution in [-0.4, -0.2) is 20.9 Å². The van der Waals surface area contributed by atoms with Crippen LogP contribution in [0.5, 0.6) is 0 Å². The molecule has 0 unspecified atom stereocenters. The summed E-state index contributed by atoms with van der Waals surface area (Å²) in [5.41, 5.74) is 2.77. The minimum Gasteiger partial charge on any atom is -0.325 e. The molecule has 2 aromatic rings. The average Bonchev–Trinajstić information content (AvgIpc) is 2.55. The average molecular weight is 332 g/mol. The van der Waals surface area contributed by atoms with Gasteiger partial charge in [0.05, 0.1) is 11.4 Å². The molecule has 5 nitrogen and oxygen atoms in total. The molecule has 0 radical (unpaired) electrons. The molecule has 0 aliphatic rings. The van der Waals surface area contributed by atoms with Crippen LogP contribution in [0.15, 0.2) is 53.4 Å². The number of anilines is 1. The van der Waals surface area contributed by atoms with Crippen molar-refractivity contribution in [3.8, 4) is 0 Å². The van der Waals surface area contributed by atoms with Crippen LogP contribution in [0.3, 0.4) is 0 Å². The van der Waals surface area contributed by atoms with Gasteiger partial charge in [-0.15, -0.1) is 0 Å². The Morgan fingerprint density at radius 3 is 2.17 bits per heavy atom. The normalized spacial score (nSPS) is 11.2. The monoisotopic (exact) mass is 332 g/mol. The lowest BCUT2D eigenvalue weighted by atomic mass is 10.2. The smallest absolute Gasteiger partial charge is 0.241 e. The Morgan fingerprint density at radius 1 is 1.00 bits per heavy atom. The quantitative estimate of drug-likeness (QED) is 0.853. The maximum Gasteiger partial charge on any atom is 0.241 e. The Hall–Kier alpha value is -2.18. The summed E-state index contributed by atoms with van der Waals surface area (Å²) in [5, 5.41) is 2.65. The van der Waals surface area contributed by atoms with Gasteiger partial charge in [0.25, 0.3) is 0 Å². The van der Waals surface area contributed by atoms with E-state index in [4.69, 9.17) is 0 Å². The number of hydrogen-bond acceptors (Lipinski definition) is 3. The molecule has 0 spiro atoms. The van der Waals surface area contributed by atoms with Crippen molar-refractivity contribution >= 4 is 21.6 Å². The van der Waals surface area contributed by atoms with Crippen molar-refractivity contribution in [2.45, 2.75) is 25.2 Å². The zero-order valence-electron chi connectivity index (χ0n) is 13.2. The van der Waals surface area contributed by atoms with Gasteiger partial charge in [0.15, 0.2) is 0 Å². The molecule has 2 N–H and O–H groups in total. The highest BCUT2D eigenvalue weighted by Crippen LogP contribution is 2.11. The van der Waals surface area contributed by atoms with Crippen LogP contribution in [0.1, 0.15) is 18.1 Å². The molecule has 1 amide bonds. The van der Waals surface area contributed by atoms with E-state index in [0.29, 0.717) is 5.69 Å². The molecule has 6 heteroatoms. The van der Waals surface area contributed by atoms with E-state index in [1.165, 1.54) is 0 Å². The highest BCUT2D eigenvalue weighted by molar-refractivity contribution is 7.89. The fourth-order valence-electron chi connectivity index (χ4n) is 1.99. The third-order valence-corrected chi connectivity index (χ3v) is 4.82. The summed E-state index contributed by atoms with van der Waals surface area (Å²) in [6, 6.07) is 13.9. The highest BCUT2D eigenvalue weighted by atomic mass is 32.2. The number of carbonyl (C=O) groups is 1. The molecule has 122 valence electrons. The summed E-state index contributed by atoms with van der Waals surface area (Å²) in [6.07, 6.45) is 0.840. The van der Waals surface area contributed by atoms with Crippen LogP contribution >= 0.6 is 0 Å². The standard InChI is InChI=1S/C17H20N2O3S/c1-3-14-6-10-16(11-7-14)23(21,22)18-12-17(20)19-15-8-4-13(2)5-9-15/h4-11,18H,3,12H2,1-2H3,(H,19,20). The fraction of sp³-hybridized carbons (Fsp3) is 0.235. The fourth-order valence-corrected chi connectivity index (χ4v) is 2.97. The molecule has 2 rings (SSSR count). The second-order valence-corrected chi connectivity index (χ2v) is 7.00. The van der Waals surface area contributed by atoms with E-state index in [0.717, 1.165) is 17.5 Å². The first kappa shape index (κ1) is 17.2. The van der Waals surface area contributed by atoms with Gasteiger partial charge in [0.2, 0.25) is 15.9 Å². The molecule has 23 heavy (non-hydrogen) atoms. The number of rotatable bonds is 6. The molecule has 0 saturated heterocycles. The summed E-state index contributed by atoms with van der Waals surface area (Å²) in [6.45, 7) is 3.63. The lowest BCUT2D eigenvalue weighted by Gasteiger charge is -2.08. The molecule has 0 aliphatic heterocycles. The van der Waals surface area contributed by atoms with Crippen LogP contribution in [0.25, 0.3) is 0 Å². The van der Waals surface area contributed by atoms with Crippen LogP contribution in [0, 0.1) is 6.92 Å². The predicted molar refractivity (Wildman–Crippen MR) is 90.8 cm³/mol. The number of benzene rings is 2. The first-order valence-corrected chi connectivity index (χ1v) is 8.84. The zero-order valence-corrected chi connectivity index (χ0v) is 14.0. The highest BCUT2D eigenvalue weighted by Gasteiger charge is 2.15. The predicted octanol–water partition coefficient (Wildman–Crippen LogP) is 2.47. The van der Waals surface area contributed by atoms with E-state index in [2.05, 4.69) is 10.0 Å². The van der Waals surface area contributed by atoms with E-state index in [1.807, 2.05) is 26.0 Å². The van der Waals surface area contributed by atoms with Crippen LogP contribution < -0.4 is 10.0 Å². The lowest BCUT2D eigenvalue weighted by molar-refractivity contribution is -0.115. The summed E-state index contributed by atoms with van der Waals surface area (Å²) in [4.78, 5) is 12.0. The van der Waals surface area contributed by atoms with Gasteiger partial charge in [-0.25, -0.2) is 13.1 Å². The van der Waals surface area contributed by atoms with Crippen LogP contribution in [0.2, 0.25) is 0 Å². The van der Waals surface area contributed by atoms with Gasteiger partial charge in [0, 0.05) is 5.69 Å². The van der Waals surface area contributed by atoms with E-state index in [-0.39, 0.29) is 11.4 Å². The molecule has 0 heterocycles. The van der Waals surface area contributed by atoms with E-state index in [9.17, 15) is 13.2 Å². The molecule has 0 aromatic heterocycles. The Kier molecular flexibility index (Phi) is 5.52. The number of nitrogens with one attached hydrogen (secondary N) is 2. The third-order valence-electron chi connectivity index (χ3n) is 3.40. The third kappa shape index (κ3) is 4.91. The molecule has 2 aromatic carbocycles. The van der Waals surface area contributed by atoms with Gasteiger partial charge in [-0.05, 0) is 43.2 Å². The second-order valence-electron chi connectivity index (χ2n) is 5.24. The SMILES string of the molecule is CCc1ccc(S(=O)(=O)NCC(=O)Nc2ccc(C)cc2)cc1.